The van der Waals surface area contributed by atoms with Crippen molar-refractivity contribution < 1.29 is 9.59 Å². The quantitative estimate of drug-likeness (QED) is 0.749. The predicted octanol–water partition coefficient (Wildman–Crippen LogP) is 1.11. The largest absolute Gasteiger partial charge is 0.356 e. The van der Waals surface area contributed by atoms with Crippen LogP contribution >= 0.6 is 0 Å². The van der Waals surface area contributed by atoms with Crippen LogP contribution in [0.2, 0.25) is 0 Å². The first kappa shape index (κ1) is 20.5. The summed E-state index contributed by atoms with van der Waals surface area (Å²) in [6.45, 7) is 5.75. The van der Waals surface area contributed by atoms with Gasteiger partial charge in [-0.05, 0) is 43.9 Å². The molecule has 2 aromatic rings. The van der Waals surface area contributed by atoms with Crippen molar-refractivity contribution >= 4 is 11.8 Å². The number of amides is 2. The van der Waals surface area contributed by atoms with Crippen LogP contribution in [0, 0.1) is 13.8 Å². The van der Waals surface area contributed by atoms with Crippen LogP contribution in [0.5, 0.6) is 0 Å². The Morgan fingerprint density at radius 3 is 2.50 bits per heavy atom. The first-order chi connectivity index (χ1) is 14.5. The van der Waals surface area contributed by atoms with E-state index in [9.17, 15) is 9.59 Å². The minimum absolute atomic E-state index is 0.0509. The lowest BCUT2D eigenvalue weighted by atomic mass is 10.0. The molecular weight excluding hydrogens is 378 g/mol. The van der Waals surface area contributed by atoms with Gasteiger partial charge in [0.2, 0.25) is 11.8 Å². The first-order valence-corrected chi connectivity index (χ1v) is 10.7. The lowest BCUT2D eigenvalue weighted by Gasteiger charge is -2.38. The van der Waals surface area contributed by atoms with E-state index in [1.165, 1.54) is 11.1 Å². The third-order valence-electron chi connectivity index (χ3n) is 5.95. The molecule has 2 heterocycles. The Labute approximate surface area is 177 Å². The van der Waals surface area contributed by atoms with Crippen LogP contribution < -0.4 is 10.6 Å². The van der Waals surface area contributed by atoms with E-state index in [4.69, 9.17) is 0 Å². The molecule has 2 aliphatic rings. The van der Waals surface area contributed by atoms with Crippen molar-refractivity contribution in [1.29, 1.82) is 0 Å². The van der Waals surface area contributed by atoms with E-state index in [0.717, 1.165) is 36.6 Å². The Morgan fingerprint density at radius 2 is 1.83 bits per heavy atom. The topological polar surface area (TPSA) is 87.2 Å². The van der Waals surface area contributed by atoms with Crippen LogP contribution in [0.4, 0.5) is 0 Å². The molecule has 0 bridgehead atoms. The van der Waals surface area contributed by atoms with Crippen molar-refractivity contribution in [2.45, 2.75) is 51.6 Å². The van der Waals surface area contributed by atoms with E-state index in [2.05, 4.69) is 49.8 Å². The van der Waals surface area contributed by atoms with Gasteiger partial charge in [-0.2, -0.15) is 0 Å². The van der Waals surface area contributed by atoms with Gasteiger partial charge in [-0.15, -0.1) is 0 Å². The highest BCUT2D eigenvalue weighted by molar-refractivity contribution is 5.88. The molecule has 1 atom stereocenters. The van der Waals surface area contributed by atoms with Crippen LogP contribution in [-0.2, 0) is 28.9 Å². The number of piperazine rings is 1. The summed E-state index contributed by atoms with van der Waals surface area (Å²) in [7, 11) is 0. The number of benzene rings is 1. The summed E-state index contributed by atoms with van der Waals surface area (Å²) in [5.41, 5.74) is 4.56. The molecule has 1 aliphatic carbocycles. The monoisotopic (exact) mass is 407 g/mol. The third kappa shape index (κ3) is 4.67. The normalized spacial score (nSPS) is 19.4. The minimum Gasteiger partial charge on any atom is -0.356 e. The zero-order valence-electron chi connectivity index (χ0n) is 17.6. The molecule has 7 heteroatoms. The number of fused-ring (bicyclic) bond motifs is 1. The molecule has 7 nitrogen and oxygen atoms in total. The molecule has 1 aromatic carbocycles. The Kier molecular flexibility index (Phi) is 6.08. The smallest absolute Gasteiger partial charge is 0.237 e. The molecule has 1 aromatic heterocycles. The lowest BCUT2D eigenvalue weighted by Crippen LogP contribution is -2.59. The van der Waals surface area contributed by atoms with Crippen LogP contribution in [0.3, 0.4) is 0 Å². The number of nitrogens with one attached hydrogen (secondary N) is 2. The van der Waals surface area contributed by atoms with Gasteiger partial charge in [-0.3, -0.25) is 14.5 Å². The van der Waals surface area contributed by atoms with Crippen molar-refractivity contribution in [3.05, 3.63) is 58.7 Å². The number of hydrogen-bond donors (Lipinski definition) is 2. The van der Waals surface area contributed by atoms with E-state index in [0.29, 0.717) is 19.5 Å². The molecule has 2 amide bonds. The highest BCUT2D eigenvalue weighted by atomic mass is 16.2. The molecule has 30 heavy (non-hydrogen) atoms. The fourth-order valence-electron chi connectivity index (χ4n) is 4.62. The van der Waals surface area contributed by atoms with Gasteiger partial charge in [-0.25, -0.2) is 9.97 Å². The number of aromatic nitrogens is 2. The maximum absolute atomic E-state index is 12.6. The Hall–Kier alpha value is -2.80. The SMILES string of the molecule is Cc1cc(C)nc(CCNC(=O)C[C@H]2C(=O)NCCN2C2Cc3ccccc3C2)n1. The number of carbonyl (C=O) groups is 2. The number of rotatable bonds is 6. The summed E-state index contributed by atoms with van der Waals surface area (Å²) in [5, 5.41) is 5.87. The molecular formula is C23H29N5O2. The summed E-state index contributed by atoms with van der Waals surface area (Å²) in [4.78, 5) is 36.2. The lowest BCUT2D eigenvalue weighted by molar-refractivity contribution is -0.135. The fourth-order valence-corrected chi connectivity index (χ4v) is 4.62. The number of hydrogen-bond acceptors (Lipinski definition) is 5. The minimum atomic E-state index is -0.421. The number of nitrogens with zero attached hydrogens (tertiary/aromatic N) is 3. The van der Waals surface area contributed by atoms with Gasteiger partial charge < -0.3 is 10.6 Å². The number of aryl methyl sites for hydroxylation is 2. The third-order valence-corrected chi connectivity index (χ3v) is 5.95. The van der Waals surface area contributed by atoms with Crippen molar-refractivity contribution in [2.24, 2.45) is 0 Å². The highest BCUT2D eigenvalue weighted by Gasteiger charge is 2.37. The van der Waals surface area contributed by atoms with E-state index < -0.39 is 6.04 Å². The second-order valence-electron chi connectivity index (χ2n) is 8.25. The summed E-state index contributed by atoms with van der Waals surface area (Å²) in [6.07, 6.45) is 2.62. The van der Waals surface area contributed by atoms with Crippen molar-refractivity contribution in [2.75, 3.05) is 19.6 Å². The second kappa shape index (κ2) is 8.92. The molecule has 1 fully saturated rings. The molecule has 4 rings (SSSR count). The van der Waals surface area contributed by atoms with Crippen LogP contribution in [-0.4, -0.2) is 58.4 Å². The van der Waals surface area contributed by atoms with Crippen LogP contribution in [0.15, 0.2) is 30.3 Å². The summed E-state index contributed by atoms with van der Waals surface area (Å²) in [5.74, 6) is 0.570. The Bertz CT molecular complexity index is 900. The molecule has 1 saturated heterocycles. The van der Waals surface area contributed by atoms with Gasteiger partial charge in [0.15, 0.2) is 0 Å². The standard InChI is InChI=1S/C23H29N5O2/c1-15-11-16(2)27-21(26-15)7-8-24-22(29)14-20-23(30)25-9-10-28(20)19-12-17-5-3-4-6-18(17)13-19/h3-6,11,19-20H,7-10,12-14H2,1-2H3,(H,24,29)(H,25,30)/t20-/m0/s1. The summed E-state index contributed by atoms with van der Waals surface area (Å²) < 4.78 is 0. The predicted molar refractivity (Wildman–Crippen MR) is 114 cm³/mol. The fraction of sp³-hybridized carbons (Fsp3) is 0.478. The van der Waals surface area contributed by atoms with Gasteiger partial charge in [0.05, 0.1) is 12.5 Å². The van der Waals surface area contributed by atoms with Crippen molar-refractivity contribution in [3.63, 3.8) is 0 Å². The molecule has 0 radical (unpaired) electrons. The first-order valence-electron chi connectivity index (χ1n) is 10.7. The van der Waals surface area contributed by atoms with Gasteiger partial charge in [0.25, 0.3) is 0 Å². The molecule has 0 spiro atoms. The molecule has 158 valence electrons. The Balaban J connectivity index is 1.34. The van der Waals surface area contributed by atoms with Crippen molar-refractivity contribution in [1.82, 2.24) is 25.5 Å². The van der Waals surface area contributed by atoms with Gasteiger partial charge in [0.1, 0.15) is 5.82 Å². The maximum Gasteiger partial charge on any atom is 0.237 e. The van der Waals surface area contributed by atoms with Gasteiger partial charge in [-0.1, -0.05) is 24.3 Å². The van der Waals surface area contributed by atoms with E-state index in [1.807, 2.05) is 19.9 Å². The van der Waals surface area contributed by atoms with E-state index >= 15 is 0 Å². The average Bonchev–Trinajstić information content (AvgIpc) is 3.13. The van der Waals surface area contributed by atoms with Crippen LogP contribution in [0.1, 0.15) is 34.8 Å². The molecule has 0 saturated carbocycles. The maximum atomic E-state index is 12.6. The Morgan fingerprint density at radius 1 is 1.17 bits per heavy atom. The molecule has 2 N–H and O–H groups in total. The molecule has 1 aliphatic heterocycles. The van der Waals surface area contributed by atoms with E-state index in [1.54, 1.807) is 0 Å². The molecule has 0 unspecified atom stereocenters. The summed E-state index contributed by atoms with van der Waals surface area (Å²) >= 11 is 0. The summed E-state index contributed by atoms with van der Waals surface area (Å²) in [6, 6.07) is 10.2. The second-order valence-corrected chi connectivity index (χ2v) is 8.25. The zero-order valence-corrected chi connectivity index (χ0v) is 17.6. The van der Waals surface area contributed by atoms with Crippen LogP contribution in [0.25, 0.3) is 0 Å². The van der Waals surface area contributed by atoms with E-state index in [-0.39, 0.29) is 24.3 Å². The van der Waals surface area contributed by atoms with Crippen molar-refractivity contribution in [3.8, 4) is 0 Å². The van der Waals surface area contributed by atoms with Gasteiger partial charge in [0, 0.05) is 43.5 Å². The van der Waals surface area contributed by atoms with Gasteiger partial charge >= 0.3 is 0 Å². The average molecular weight is 408 g/mol. The number of carbonyl (C=O) groups excluding carboxylic acids is 2. The zero-order chi connectivity index (χ0) is 21.1. The highest BCUT2D eigenvalue weighted by Crippen LogP contribution is 2.28.